The summed E-state index contributed by atoms with van der Waals surface area (Å²) in [4.78, 5) is 5.11. The molecule has 176 valence electrons. The molecular formula is C29H32N2O3. The Hall–Kier alpha value is -3.12. The average Bonchev–Trinajstić information content (AvgIpc) is 3.05. The number of nitrogens with zero attached hydrogens (tertiary/aromatic N) is 2. The van der Waals surface area contributed by atoms with E-state index < -0.39 is 0 Å². The highest BCUT2D eigenvalue weighted by atomic mass is 16.7. The maximum absolute atomic E-state index is 6.24. The maximum Gasteiger partial charge on any atom is 0.188 e. The van der Waals surface area contributed by atoms with Gasteiger partial charge in [0.2, 0.25) is 0 Å². The predicted octanol–water partition coefficient (Wildman–Crippen LogP) is 4.98. The Balaban J connectivity index is 1.34. The lowest BCUT2D eigenvalue weighted by molar-refractivity contribution is 0.0508. The first kappa shape index (κ1) is 22.7. The fourth-order valence-electron chi connectivity index (χ4n) is 4.84. The predicted molar refractivity (Wildman–Crippen MR) is 135 cm³/mol. The third kappa shape index (κ3) is 5.17. The molecule has 1 fully saturated rings. The third-order valence-corrected chi connectivity index (χ3v) is 6.60. The smallest absolute Gasteiger partial charge is 0.188 e. The van der Waals surface area contributed by atoms with E-state index in [4.69, 9.17) is 14.2 Å². The van der Waals surface area contributed by atoms with Crippen LogP contribution < -0.4 is 9.47 Å². The van der Waals surface area contributed by atoms with Gasteiger partial charge in [-0.15, -0.1) is 0 Å². The maximum atomic E-state index is 6.24. The number of fused-ring (bicyclic) bond motifs is 2. The summed E-state index contributed by atoms with van der Waals surface area (Å²) < 4.78 is 17.1. The van der Waals surface area contributed by atoms with Crippen LogP contribution in [0, 0.1) is 0 Å². The van der Waals surface area contributed by atoms with Gasteiger partial charge in [-0.05, 0) is 34.9 Å². The number of rotatable bonds is 7. The van der Waals surface area contributed by atoms with Crippen LogP contribution in [0.2, 0.25) is 0 Å². The van der Waals surface area contributed by atoms with Gasteiger partial charge in [-0.3, -0.25) is 9.80 Å². The van der Waals surface area contributed by atoms with E-state index in [1.165, 1.54) is 16.7 Å². The van der Waals surface area contributed by atoms with Gasteiger partial charge in [0.25, 0.3) is 0 Å². The first-order valence-electron chi connectivity index (χ1n) is 12.0. The Kier molecular flexibility index (Phi) is 7.25. The molecule has 0 N–H and O–H groups in total. The molecule has 5 heteroatoms. The normalized spacial score (nSPS) is 18.7. The van der Waals surface area contributed by atoms with Crippen LogP contribution in [0.1, 0.15) is 28.3 Å². The molecule has 3 aromatic rings. The van der Waals surface area contributed by atoms with Crippen LogP contribution in [0.4, 0.5) is 0 Å². The zero-order valence-electron chi connectivity index (χ0n) is 19.7. The molecule has 0 spiro atoms. The quantitative estimate of drug-likeness (QED) is 0.469. The van der Waals surface area contributed by atoms with E-state index in [2.05, 4.69) is 82.6 Å². The van der Waals surface area contributed by atoms with Crippen LogP contribution in [-0.2, 0) is 11.3 Å². The van der Waals surface area contributed by atoms with Crippen LogP contribution in [0.25, 0.3) is 6.08 Å². The number of piperazine rings is 1. The van der Waals surface area contributed by atoms with Crippen molar-refractivity contribution in [3.63, 3.8) is 0 Å². The van der Waals surface area contributed by atoms with Gasteiger partial charge in [-0.25, -0.2) is 0 Å². The number of hydrogen-bond donors (Lipinski definition) is 0. The van der Waals surface area contributed by atoms with Crippen molar-refractivity contribution in [2.45, 2.75) is 12.6 Å². The van der Waals surface area contributed by atoms with Crippen LogP contribution in [0.15, 0.2) is 78.9 Å². The van der Waals surface area contributed by atoms with E-state index in [9.17, 15) is 0 Å². The van der Waals surface area contributed by atoms with E-state index >= 15 is 0 Å². The van der Waals surface area contributed by atoms with E-state index in [1.807, 2.05) is 12.1 Å². The summed E-state index contributed by atoms with van der Waals surface area (Å²) in [6.45, 7) is 5.86. The monoisotopic (exact) mass is 456 g/mol. The van der Waals surface area contributed by atoms with Crippen molar-refractivity contribution in [2.24, 2.45) is 0 Å². The minimum atomic E-state index is 0.141. The minimum absolute atomic E-state index is 0.141. The fourth-order valence-corrected chi connectivity index (χ4v) is 4.84. The molecule has 34 heavy (non-hydrogen) atoms. The van der Waals surface area contributed by atoms with Gasteiger partial charge >= 0.3 is 0 Å². The summed E-state index contributed by atoms with van der Waals surface area (Å²) in [5.74, 6) is 1.73. The van der Waals surface area contributed by atoms with Gasteiger partial charge in [0.1, 0.15) is 18.1 Å². The first-order chi connectivity index (χ1) is 16.8. The van der Waals surface area contributed by atoms with Crippen molar-refractivity contribution < 1.29 is 14.2 Å². The molecule has 2 heterocycles. The molecule has 5 nitrogen and oxygen atoms in total. The molecule has 0 saturated carbocycles. The van der Waals surface area contributed by atoms with E-state index in [0.29, 0.717) is 6.61 Å². The molecule has 3 aromatic carbocycles. The van der Waals surface area contributed by atoms with Crippen molar-refractivity contribution in [3.8, 4) is 11.5 Å². The van der Waals surface area contributed by atoms with Crippen molar-refractivity contribution in [1.29, 1.82) is 0 Å². The lowest BCUT2D eigenvalue weighted by Crippen LogP contribution is -2.47. The molecule has 0 radical (unpaired) electrons. The van der Waals surface area contributed by atoms with Gasteiger partial charge in [0.15, 0.2) is 6.79 Å². The molecular weight excluding hydrogens is 424 g/mol. The second kappa shape index (κ2) is 10.9. The van der Waals surface area contributed by atoms with Gasteiger partial charge in [-0.1, -0.05) is 66.7 Å². The molecule has 0 aromatic heterocycles. The fraction of sp³-hybridized carbons (Fsp3) is 0.310. The van der Waals surface area contributed by atoms with Crippen molar-refractivity contribution >= 4 is 6.08 Å². The van der Waals surface area contributed by atoms with Gasteiger partial charge < -0.3 is 14.2 Å². The van der Waals surface area contributed by atoms with Crippen LogP contribution in [0.5, 0.6) is 11.5 Å². The Bertz CT molecular complexity index is 1110. The Morgan fingerprint density at radius 2 is 1.71 bits per heavy atom. The Labute approximate surface area is 202 Å². The third-order valence-electron chi connectivity index (χ3n) is 6.60. The number of hydrogen-bond acceptors (Lipinski definition) is 5. The van der Waals surface area contributed by atoms with Crippen LogP contribution in [0.3, 0.4) is 0 Å². The Morgan fingerprint density at radius 3 is 2.53 bits per heavy atom. The zero-order valence-corrected chi connectivity index (χ0v) is 19.7. The SMILES string of the molecule is COCOc1ccc2c(c1)C(N1CCN(C/C=C/c3ccccc3)CC1)c1ccccc1CO2. The van der Waals surface area contributed by atoms with Gasteiger partial charge in [0.05, 0.1) is 6.04 Å². The molecule has 0 bridgehead atoms. The summed E-state index contributed by atoms with van der Waals surface area (Å²) in [5.41, 5.74) is 4.98. The molecule has 0 aliphatic carbocycles. The molecule has 5 rings (SSSR count). The summed E-state index contributed by atoms with van der Waals surface area (Å²) in [6, 6.07) is 25.4. The topological polar surface area (TPSA) is 34.2 Å². The summed E-state index contributed by atoms with van der Waals surface area (Å²) in [6.07, 6.45) is 4.48. The van der Waals surface area contributed by atoms with Crippen LogP contribution >= 0.6 is 0 Å². The molecule has 1 unspecified atom stereocenters. The summed E-state index contributed by atoms with van der Waals surface area (Å²) >= 11 is 0. The lowest BCUT2D eigenvalue weighted by atomic mass is 9.93. The van der Waals surface area contributed by atoms with Crippen molar-refractivity contribution in [3.05, 3.63) is 101 Å². The minimum Gasteiger partial charge on any atom is -0.489 e. The number of benzene rings is 3. The molecule has 0 amide bonds. The van der Waals surface area contributed by atoms with Gasteiger partial charge in [-0.2, -0.15) is 0 Å². The highest BCUT2D eigenvalue weighted by Crippen LogP contribution is 2.41. The Morgan fingerprint density at radius 1 is 0.912 bits per heavy atom. The highest BCUT2D eigenvalue weighted by molar-refractivity contribution is 5.50. The highest BCUT2D eigenvalue weighted by Gasteiger charge is 2.32. The average molecular weight is 457 g/mol. The number of methoxy groups -OCH3 is 1. The second-order valence-electron chi connectivity index (χ2n) is 8.79. The standard InChI is InChI=1S/C29H32N2O3/c1-32-22-34-25-13-14-28-27(20-25)29(26-12-6-5-11-24(26)21-33-28)31-18-16-30(17-19-31)15-7-10-23-8-3-2-4-9-23/h2-14,20,29H,15-19,21-22H2,1H3/b10-7+. The van der Waals surface area contributed by atoms with E-state index in [1.54, 1.807) is 7.11 Å². The summed E-state index contributed by atoms with van der Waals surface area (Å²) in [5, 5.41) is 0. The lowest BCUT2D eigenvalue weighted by Gasteiger charge is -2.39. The molecule has 2 aliphatic rings. The van der Waals surface area contributed by atoms with E-state index in [0.717, 1.165) is 49.8 Å². The zero-order chi connectivity index (χ0) is 23.2. The van der Waals surface area contributed by atoms with E-state index in [-0.39, 0.29) is 12.8 Å². The molecule has 1 saturated heterocycles. The van der Waals surface area contributed by atoms with Crippen molar-refractivity contribution in [1.82, 2.24) is 9.80 Å². The largest absolute Gasteiger partial charge is 0.489 e. The van der Waals surface area contributed by atoms with Crippen LogP contribution in [-0.4, -0.2) is 56.4 Å². The van der Waals surface area contributed by atoms with Crippen molar-refractivity contribution in [2.75, 3.05) is 46.6 Å². The summed E-state index contributed by atoms with van der Waals surface area (Å²) in [7, 11) is 1.64. The first-order valence-corrected chi connectivity index (χ1v) is 12.0. The van der Waals surface area contributed by atoms with Gasteiger partial charge in [0, 0.05) is 45.4 Å². The molecule has 2 aliphatic heterocycles. The molecule has 1 atom stereocenters. The number of ether oxygens (including phenoxy) is 3. The second-order valence-corrected chi connectivity index (χ2v) is 8.79.